The Kier molecular flexibility index (Phi) is 6.48. The predicted octanol–water partition coefficient (Wildman–Crippen LogP) is 4.76. The third-order valence-electron chi connectivity index (χ3n) is 4.87. The second-order valence-corrected chi connectivity index (χ2v) is 6.98. The fourth-order valence-electron chi connectivity index (χ4n) is 3.23. The molecule has 1 aromatic heterocycles. The molecule has 0 fully saturated rings. The Bertz CT molecular complexity index is 1090. The monoisotopic (exact) mass is 429 g/mol. The molecule has 1 amide bonds. The van der Waals surface area contributed by atoms with Crippen molar-refractivity contribution in [1.29, 1.82) is 0 Å². The number of methoxy groups -OCH3 is 1. The maximum absolute atomic E-state index is 12.8. The summed E-state index contributed by atoms with van der Waals surface area (Å²) in [5, 5.41) is 2.93. The quantitative estimate of drug-likeness (QED) is 0.575. The molecule has 1 atom stereocenters. The molecule has 0 aliphatic carbocycles. The molecule has 5 nitrogen and oxygen atoms in total. The molecule has 0 aliphatic rings. The van der Waals surface area contributed by atoms with Gasteiger partial charge < -0.3 is 14.6 Å². The molecule has 1 unspecified atom stereocenters. The van der Waals surface area contributed by atoms with E-state index < -0.39 is 23.7 Å². The predicted molar refractivity (Wildman–Crippen MR) is 111 cm³/mol. The maximum Gasteiger partial charge on any atom is 0.416 e. The summed E-state index contributed by atoms with van der Waals surface area (Å²) in [7, 11) is 3.37. The molecule has 162 valence electrons. The van der Waals surface area contributed by atoms with Crippen molar-refractivity contribution in [2.75, 3.05) is 7.11 Å². The highest BCUT2D eigenvalue weighted by molar-refractivity contribution is 5.95. The van der Waals surface area contributed by atoms with Gasteiger partial charge in [-0.05, 0) is 36.3 Å². The molecule has 0 bridgehead atoms. The Labute approximate surface area is 178 Å². The van der Waals surface area contributed by atoms with Crippen LogP contribution in [0.25, 0.3) is 5.57 Å². The lowest BCUT2D eigenvalue weighted by atomic mass is 10.0. The first-order valence-corrected chi connectivity index (χ1v) is 9.47. The van der Waals surface area contributed by atoms with Gasteiger partial charge in [-0.25, -0.2) is 4.98 Å². The van der Waals surface area contributed by atoms with E-state index in [1.165, 1.54) is 18.2 Å². The summed E-state index contributed by atoms with van der Waals surface area (Å²) < 4.78 is 45.5. The van der Waals surface area contributed by atoms with Crippen molar-refractivity contribution in [2.24, 2.45) is 7.05 Å². The van der Waals surface area contributed by atoms with E-state index >= 15 is 0 Å². The number of nitrogens with zero attached hydrogens (tertiary/aromatic N) is 2. The lowest BCUT2D eigenvalue weighted by Crippen LogP contribution is -2.30. The SMILES string of the molecule is COc1ccccc1C(NC(=O)/C=C(\C)c1ccc(C(F)(F)F)cc1)c1nccn1C. The van der Waals surface area contributed by atoms with Crippen molar-refractivity contribution >= 4 is 11.5 Å². The first kappa shape index (κ1) is 22.1. The van der Waals surface area contributed by atoms with Gasteiger partial charge in [-0.15, -0.1) is 0 Å². The first-order chi connectivity index (χ1) is 14.7. The zero-order chi connectivity index (χ0) is 22.6. The van der Waals surface area contributed by atoms with E-state index in [9.17, 15) is 18.0 Å². The van der Waals surface area contributed by atoms with E-state index in [1.807, 2.05) is 25.2 Å². The van der Waals surface area contributed by atoms with Crippen LogP contribution in [0.2, 0.25) is 0 Å². The van der Waals surface area contributed by atoms with Gasteiger partial charge in [0.2, 0.25) is 5.91 Å². The largest absolute Gasteiger partial charge is 0.496 e. The number of imidazole rings is 1. The number of para-hydroxylation sites is 1. The first-order valence-electron chi connectivity index (χ1n) is 9.47. The van der Waals surface area contributed by atoms with E-state index in [0.29, 0.717) is 22.7 Å². The number of aromatic nitrogens is 2. The van der Waals surface area contributed by atoms with Crippen LogP contribution < -0.4 is 10.1 Å². The fraction of sp³-hybridized carbons (Fsp3) is 0.217. The van der Waals surface area contributed by atoms with Crippen LogP contribution in [-0.4, -0.2) is 22.6 Å². The van der Waals surface area contributed by atoms with Crippen LogP contribution in [0.3, 0.4) is 0 Å². The van der Waals surface area contributed by atoms with Crippen molar-refractivity contribution < 1.29 is 22.7 Å². The fourth-order valence-corrected chi connectivity index (χ4v) is 3.23. The lowest BCUT2D eigenvalue weighted by molar-refractivity contribution is -0.137. The number of ether oxygens (including phenoxy) is 1. The molecule has 0 saturated carbocycles. The van der Waals surface area contributed by atoms with E-state index in [2.05, 4.69) is 10.3 Å². The number of hydrogen-bond donors (Lipinski definition) is 1. The Balaban J connectivity index is 1.88. The highest BCUT2D eigenvalue weighted by Crippen LogP contribution is 2.31. The number of benzene rings is 2. The highest BCUT2D eigenvalue weighted by atomic mass is 19.4. The van der Waals surface area contributed by atoms with E-state index in [-0.39, 0.29) is 0 Å². The molecule has 0 aliphatic heterocycles. The molecular weight excluding hydrogens is 407 g/mol. The molecule has 3 aromatic rings. The molecule has 0 radical (unpaired) electrons. The molecule has 1 N–H and O–H groups in total. The van der Waals surface area contributed by atoms with Crippen LogP contribution in [0.4, 0.5) is 13.2 Å². The Morgan fingerprint density at radius 1 is 1.16 bits per heavy atom. The van der Waals surface area contributed by atoms with Gasteiger partial charge in [0.15, 0.2) is 0 Å². The highest BCUT2D eigenvalue weighted by Gasteiger charge is 2.30. The van der Waals surface area contributed by atoms with Crippen LogP contribution in [-0.2, 0) is 18.0 Å². The van der Waals surface area contributed by atoms with Gasteiger partial charge in [-0.2, -0.15) is 13.2 Å². The van der Waals surface area contributed by atoms with Crippen molar-refractivity contribution in [1.82, 2.24) is 14.9 Å². The Morgan fingerprint density at radius 3 is 2.42 bits per heavy atom. The number of allylic oxidation sites excluding steroid dienone is 1. The van der Waals surface area contributed by atoms with Gasteiger partial charge in [0, 0.05) is 31.1 Å². The number of halogens is 3. The topological polar surface area (TPSA) is 56.1 Å². The number of nitrogens with one attached hydrogen (secondary N) is 1. The van der Waals surface area contributed by atoms with Gasteiger partial charge in [-0.3, -0.25) is 4.79 Å². The average Bonchev–Trinajstić information content (AvgIpc) is 3.17. The maximum atomic E-state index is 12.8. The van der Waals surface area contributed by atoms with Crippen molar-refractivity contribution in [3.8, 4) is 5.75 Å². The standard InChI is InChI=1S/C23H22F3N3O2/c1-15(16-8-10-17(11-9-16)23(24,25)26)14-20(30)28-21(22-27-12-13-29(22)2)18-6-4-5-7-19(18)31-3/h4-14,21H,1-3H3,(H,28,30)/b15-14+. The van der Waals surface area contributed by atoms with Crippen LogP contribution in [0.1, 0.15) is 35.5 Å². The minimum atomic E-state index is -4.41. The normalized spacial score (nSPS) is 13.0. The summed E-state index contributed by atoms with van der Waals surface area (Å²) in [5.74, 6) is 0.800. The number of carbonyl (C=O) groups is 1. The molecule has 0 saturated heterocycles. The lowest BCUT2D eigenvalue weighted by Gasteiger charge is -2.20. The van der Waals surface area contributed by atoms with Crippen LogP contribution >= 0.6 is 0 Å². The zero-order valence-corrected chi connectivity index (χ0v) is 17.3. The van der Waals surface area contributed by atoms with Gasteiger partial charge in [0.1, 0.15) is 17.6 Å². The van der Waals surface area contributed by atoms with Gasteiger partial charge in [-0.1, -0.05) is 30.3 Å². The summed E-state index contributed by atoms with van der Waals surface area (Å²) in [6.45, 7) is 1.67. The van der Waals surface area contributed by atoms with Crippen LogP contribution in [0, 0.1) is 0 Å². The Hall–Kier alpha value is -3.55. The van der Waals surface area contributed by atoms with Gasteiger partial charge in [0.25, 0.3) is 0 Å². The number of aryl methyl sites for hydroxylation is 1. The minimum Gasteiger partial charge on any atom is -0.496 e. The molecule has 31 heavy (non-hydrogen) atoms. The van der Waals surface area contributed by atoms with E-state index in [0.717, 1.165) is 17.7 Å². The van der Waals surface area contributed by atoms with Gasteiger partial charge >= 0.3 is 6.18 Å². The number of amides is 1. The minimum absolute atomic E-state index is 0.406. The summed E-state index contributed by atoms with van der Waals surface area (Å²) in [6, 6.07) is 11.4. The number of rotatable bonds is 6. The molecule has 8 heteroatoms. The van der Waals surface area contributed by atoms with Crippen LogP contribution in [0.15, 0.2) is 67.0 Å². The zero-order valence-electron chi connectivity index (χ0n) is 17.3. The summed E-state index contributed by atoms with van der Waals surface area (Å²) in [4.78, 5) is 17.2. The average molecular weight is 429 g/mol. The van der Waals surface area contributed by atoms with Crippen molar-refractivity contribution in [3.63, 3.8) is 0 Å². The summed E-state index contributed by atoms with van der Waals surface area (Å²) >= 11 is 0. The third kappa shape index (κ3) is 5.14. The molecule has 2 aromatic carbocycles. The third-order valence-corrected chi connectivity index (χ3v) is 4.87. The van der Waals surface area contributed by atoms with Crippen molar-refractivity contribution in [3.05, 3.63) is 89.5 Å². The van der Waals surface area contributed by atoms with E-state index in [4.69, 9.17) is 4.74 Å². The molecular formula is C23H22F3N3O2. The number of carbonyl (C=O) groups excluding carboxylic acids is 1. The number of alkyl halides is 3. The molecule has 0 spiro atoms. The number of hydrogen-bond acceptors (Lipinski definition) is 3. The van der Waals surface area contributed by atoms with Crippen molar-refractivity contribution in [2.45, 2.75) is 19.1 Å². The smallest absolute Gasteiger partial charge is 0.416 e. The van der Waals surface area contributed by atoms with Crippen LogP contribution in [0.5, 0.6) is 5.75 Å². The Morgan fingerprint density at radius 2 is 1.84 bits per heavy atom. The molecule has 3 rings (SSSR count). The summed E-state index contributed by atoms with van der Waals surface area (Å²) in [6.07, 6.45) is 0.353. The second kappa shape index (κ2) is 9.07. The molecule has 1 heterocycles. The second-order valence-electron chi connectivity index (χ2n) is 6.98. The van der Waals surface area contributed by atoms with E-state index in [1.54, 1.807) is 37.1 Å². The van der Waals surface area contributed by atoms with Gasteiger partial charge in [0.05, 0.1) is 12.7 Å². The summed E-state index contributed by atoms with van der Waals surface area (Å²) in [5.41, 5.74) is 1.05.